The number of hydrogen-bond donors (Lipinski definition) is 1. The van der Waals surface area contributed by atoms with Gasteiger partial charge in [-0.15, -0.1) is 0 Å². The Hall–Kier alpha value is -1.62. The van der Waals surface area contributed by atoms with E-state index in [0.29, 0.717) is 10.4 Å². The van der Waals surface area contributed by atoms with Crippen molar-refractivity contribution in [3.05, 3.63) is 57.7 Å². The maximum Gasteiger partial charge on any atom is 0.288 e. The van der Waals surface area contributed by atoms with Gasteiger partial charge in [0.2, 0.25) is 0 Å². The van der Waals surface area contributed by atoms with E-state index in [9.17, 15) is 9.18 Å². The largest absolute Gasteiger partial charge is 0.444 e. The molecule has 0 aliphatic heterocycles. The number of halogens is 2. The smallest absolute Gasteiger partial charge is 0.288 e. The molecule has 1 fully saturated rings. The number of amides is 1. The molecule has 0 unspecified atom stereocenters. The molecule has 1 aromatic carbocycles. The van der Waals surface area contributed by atoms with Crippen molar-refractivity contribution in [1.29, 1.82) is 0 Å². The number of carbonyl (C=O) groups excluding carboxylic acids is 1. The summed E-state index contributed by atoms with van der Waals surface area (Å²) in [5.41, 5.74) is 1.32. The standard InChI is InChI=1S/C16H15BrFNO2/c1-10-9-13(17)21-14(10)15(20)19-16(7-2-8-16)11-3-5-12(18)6-4-11/h3-6,9H,2,7-8H2,1H3,(H,19,20). The number of rotatable bonds is 3. The summed E-state index contributed by atoms with van der Waals surface area (Å²) < 4.78 is 19.0. The molecule has 0 saturated heterocycles. The number of nitrogens with one attached hydrogen (secondary N) is 1. The first-order valence-corrected chi connectivity index (χ1v) is 7.64. The lowest BCUT2D eigenvalue weighted by Gasteiger charge is -2.43. The van der Waals surface area contributed by atoms with Gasteiger partial charge in [-0.05, 0) is 65.9 Å². The highest BCUT2D eigenvalue weighted by molar-refractivity contribution is 9.10. The maximum atomic E-state index is 13.1. The van der Waals surface area contributed by atoms with Crippen LogP contribution < -0.4 is 5.32 Å². The summed E-state index contributed by atoms with van der Waals surface area (Å²) in [5, 5.41) is 3.06. The highest BCUT2D eigenvalue weighted by atomic mass is 79.9. The van der Waals surface area contributed by atoms with E-state index in [1.54, 1.807) is 18.2 Å². The molecule has 110 valence electrons. The highest BCUT2D eigenvalue weighted by Gasteiger charge is 2.40. The minimum Gasteiger partial charge on any atom is -0.444 e. The second-order valence-corrected chi connectivity index (χ2v) is 6.24. The average molecular weight is 352 g/mol. The number of carbonyl (C=O) groups is 1. The number of benzene rings is 1. The van der Waals surface area contributed by atoms with E-state index in [-0.39, 0.29) is 11.7 Å². The van der Waals surface area contributed by atoms with Crippen LogP contribution in [0.5, 0.6) is 0 Å². The molecular weight excluding hydrogens is 337 g/mol. The molecule has 1 aromatic heterocycles. The fraction of sp³-hybridized carbons (Fsp3) is 0.312. The predicted octanol–water partition coefficient (Wildman–Crippen LogP) is 4.30. The first-order chi connectivity index (χ1) is 10.00. The molecule has 1 N–H and O–H groups in total. The minimum absolute atomic E-state index is 0.234. The summed E-state index contributed by atoms with van der Waals surface area (Å²) in [6.45, 7) is 1.83. The summed E-state index contributed by atoms with van der Waals surface area (Å²) in [6, 6.07) is 8.09. The molecule has 1 heterocycles. The Kier molecular flexibility index (Phi) is 3.61. The number of aryl methyl sites for hydroxylation is 1. The van der Waals surface area contributed by atoms with Crippen LogP contribution in [-0.4, -0.2) is 5.91 Å². The van der Waals surface area contributed by atoms with Crippen LogP contribution in [0.3, 0.4) is 0 Å². The van der Waals surface area contributed by atoms with Gasteiger partial charge in [-0.25, -0.2) is 4.39 Å². The molecule has 0 spiro atoms. The monoisotopic (exact) mass is 351 g/mol. The molecule has 0 bridgehead atoms. The zero-order chi connectivity index (χ0) is 15.0. The third-order valence-electron chi connectivity index (χ3n) is 4.05. The molecule has 1 aliphatic carbocycles. The molecule has 1 amide bonds. The Morgan fingerprint density at radius 3 is 2.48 bits per heavy atom. The van der Waals surface area contributed by atoms with Crippen molar-refractivity contribution in [3.8, 4) is 0 Å². The topological polar surface area (TPSA) is 42.2 Å². The van der Waals surface area contributed by atoms with Crippen LogP contribution in [-0.2, 0) is 5.54 Å². The maximum absolute atomic E-state index is 13.1. The third kappa shape index (κ3) is 2.62. The van der Waals surface area contributed by atoms with E-state index in [4.69, 9.17) is 4.42 Å². The Morgan fingerprint density at radius 1 is 1.33 bits per heavy atom. The third-order valence-corrected chi connectivity index (χ3v) is 4.44. The van der Waals surface area contributed by atoms with Gasteiger partial charge in [0.1, 0.15) is 5.82 Å². The molecule has 2 aromatic rings. The van der Waals surface area contributed by atoms with Crippen LogP contribution in [0, 0.1) is 12.7 Å². The van der Waals surface area contributed by atoms with E-state index in [2.05, 4.69) is 21.2 Å². The fourth-order valence-electron chi connectivity index (χ4n) is 2.73. The first kappa shape index (κ1) is 14.3. The van der Waals surface area contributed by atoms with Crippen molar-refractivity contribution in [2.24, 2.45) is 0 Å². The number of furan rings is 1. The lowest BCUT2D eigenvalue weighted by Crippen LogP contribution is -2.50. The van der Waals surface area contributed by atoms with E-state index in [1.165, 1.54) is 12.1 Å². The highest BCUT2D eigenvalue weighted by Crippen LogP contribution is 2.41. The predicted molar refractivity (Wildman–Crippen MR) is 80.5 cm³/mol. The molecule has 3 rings (SSSR count). The van der Waals surface area contributed by atoms with E-state index >= 15 is 0 Å². The van der Waals surface area contributed by atoms with Crippen LogP contribution in [0.2, 0.25) is 0 Å². The van der Waals surface area contributed by atoms with Crippen LogP contribution in [0.15, 0.2) is 39.4 Å². The van der Waals surface area contributed by atoms with Crippen LogP contribution in [0.4, 0.5) is 4.39 Å². The van der Waals surface area contributed by atoms with Gasteiger partial charge in [-0.2, -0.15) is 0 Å². The zero-order valence-electron chi connectivity index (χ0n) is 11.6. The summed E-state index contributed by atoms with van der Waals surface area (Å²) in [7, 11) is 0. The van der Waals surface area contributed by atoms with Gasteiger partial charge in [0.05, 0.1) is 5.54 Å². The summed E-state index contributed by atoms with van der Waals surface area (Å²) in [5.74, 6) is -0.192. The summed E-state index contributed by atoms with van der Waals surface area (Å²) in [4.78, 5) is 12.4. The quantitative estimate of drug-likeness (QED) is 0.895. The van der Waals surface area contributed by atoms with Gasteiger partial charge in [0.25, 0.3) is 5.91 Å². The molecule has 0 radical (unpaired) electrons. The Labute approximate surface area is 130 Å². The fourth-order valence-corrected chi connectivity index (χ4v) is 3.23. The van der Waals surface area contributed by atoms with E-state index in [0.717, 1.165) is 30.4 Å². The molecule has 1 aliphatic rings. The van der Waals surface area contributed by atoms with Crippen molar-refractivity contribution in [2.45, 2.75) is 31.7 Å². The van der Waals surface area contributed by atoms with Gasteiger partial charge in [-0.3, -0.25) is 4.79 Å². The van der Waals surface area contributed by atoms with Crippen molar-refractivity contribution < 1.29 is 13.6 Å². The van der Waals surface area contributed by atoms with Gasteiger partial charge < -0.3 is 9.73 Å². The zero-order valence-corrected chi connectivity index (χ0v) is 13.2. The molecule has 5 heteroatoms. The SMILES string of the molecule is Cc1cc(Br)oc1C(=O)NC1(c2ccc(F)cc2)CCC1. The lowest BCUT2D eigenvalue weighted by molar-refractivity contribution is 0.0792. The van der Waals surface area contributed by atoms with Crippen molar-refractivity contribution in [3.63, 3.8) is 0 Å². The van der Waals surface area contributed by atoms with Gasteiger partial charge in [0, 0.05) is 5.56 Å². The molecular formula is C16H15BrFNO2. The lowest BCUT2D eigenvalue weighted by atomic mass is 9.71. The van der Waals surface area contributed by atoms with Crippen molar-refractivity contribution in [1.82, 2.24) is 5.32 Å². The Morgan fingerprint density at radius 2 is 2.00 bits per heavy atom. The Bertz CT molecular complexity index is 674. The summed E-state index contributed by atoms with van der Waals surface area (Å²) >= 11 is 3.23. The molecule has 1 saturated carbocycles. The summed E-state index contributed by atoms with van der Waals surface area (Å²) in [6.07, 6.45) is 2.75. The first-order valence-electron chi connectivity index (χ1n) is 6.85. The minimum atomic E-state index is -0.406. The molecule has 0 atom stereocenters. The number of hydrogen-bond acceptors (Lipinski definition) is 2. The van der Waals surface area contributed by atoms with Crippen molar-refractivity contribution >= 4 is 21.8 Å². The van der Waals surface area contributed by atoms with Crippen LogP contribution in [0.1, 0.15) is 40.9 Å². The van der Waals surface area contributed by atoms with Gasteiger partial charge in [-0.1, -0.05) is 12.1 Å². The van der Waals surface area contributed by atoms with Gasteiger partial charge >= 0.3 is 0 Å². The van der Waals surface area contributed by atoms with Crippen molar-refractivity contribution in [2.75, 3.05) is 0 Å². The van der Waals surface area contributed by atoms with Crippen LogP contribution in [0.25, 0.3) is 0 Å². The second-order valence-electron chi connectivity index (χ2n) is 5.46. The van der Waals surface area contributed by atoms with E-state index < -0.39 is 5.54 Å². The average Bonchev–Trinajstić information content (AvgIpc) is 2.74. The normalized spacial score (nSPS) is 16.3. The second kappa shape index (κ2) is 5.30. The van der Waals surface area contributed by atoms with E-state index in [1.807, 2.05) is 6.92 Å². The molecule has 21 heavy (non-hydrogen) atoms. The van der Waals surface area contributed by atoms with Gasteiger partial charge in [0.15, 0.2) is 10.4 Å². The molecule has 3 nitrogen and oxygen atoms in total. The van der Waals surface area contributed by atoms with Crippen LogP contribution >= 0.6 is 15.9 Å². The Balaban J connectivity index is 1.86.